The third-order valence-electron chi connectivity index (χ3n) is 5.25. The molecule has 0 bridgehead atoms. The van der Waals surface area contributed by atoms with Gasteiger partial charge in [-0.2, -0.15) is 0 Å². The fourth-order valence-corrected chi connectivity index (χ4v) is 3.97. The van der Waals surface area contributed by atoms with Crippen LogP contribution in [0, 0.1) is 0 Å². The van der Waals surface area contributed by atoms with Crippen molar-refractivity contribution in [3.05, 3.63) is 47.2 Å². The van der Waals surface area contributed by atoms with E-state index in [9.17, 15) is 4.79 Å². The molecular weight excluding hydrogens is 362 g/mol. The summed E-state index contributed by atoms with van der Waals surface area (Å²) in [5.74, 6) is 2.00. The van der Waals surface area contributed by atoms with Gasteiger partial charge in [0, 0.05) is 55.9 Å². The first-order valence-corrected chi connectivity index (χ1v) is 9.95. The number of hydrogen-bond donors (Lipinski definition) is 0. The van der Waals surface area contributed by atoms with Gasteiger partial charge in [0.05, 0.1) is 0 Å². The molecule has 2 aliphatic rings. The number of carbonyl (C=O) groups is 1. The van der Waals surface area contributed by atoms with Gasteiger partial charge in [0.15, 0.2) is 0 Å². The average molecular weight is 386 g/mol. The number of amides is 1. The zero-order valence-corrected chi connectivity index (χ0v) is 16.1. The minimum Gasteiger partial charge on any atom is -0.356 e. The Bertz CT molecular complexity index is 808. The maximum Gasteiger partial charge on any atom is 0.253 e. The number of aromatic nitrogens is 2. The van der Waals surface area contributed by atoms with E-state index in [4.69, 9.17) is 11.6 Å². The Balaban J connectivity index is 1.44. The van der Waals surface area contributed by atoms with E-state index in [-0.39, 0.29) is 5.91 Å². The van der Waals surface area contributed by atoms with E-state index in [1.165, 1.54) is 12.8 Å². The molecule has 1 aromatic carbocycles. The minimum absolute atomic E-state index is 0.0415. The first kappa shape index (κ1) is 18.0. The second-order valence-corrected chi connectivity index (χ2v) is 7.51. The van der Waals surface area contributed by atoms with Gasteiger partial charge in [-0.1, -0.05) is 17.7 Å². The number of carbonyl (C=O) groups excluding carboxylic acids is 1. The molecule has 0 aliphatic carbocycles. The molecule has 0 radical (unpaired) electrons. The van der Waals surface area contributed by atoms with Gasteiger partial charge in [0.25, 0.3) is 5.91 Å². The van der Waals surface area contributed by atoms with Gasteiger partial charge in [0.1, 0.15) is 18.0 Å². The van der Waals surface area contributed by atoms with Gasteiger partial charge < -0.3 is 14.7 Å². The molecule has 0 unspecified atom stereocenters. The zero-order valence-electron chi connectivity index (χ0n) is 15.4. The summed E-state index contributed by atoms with van der Waals surface area (Å²) in [6, 6.07) is 9.25. The molecule has 142 valence electrons. The molecule has 2 fully saturated rings. The summed E-state index contributed by atoms with van der Waals surface area (Å²) < 4.78 is 0. The molecule has 0 N–H and O–H groups in total. The van der Waals surface area contributed by atoms with Crippen molar-refractivity contribution < 1.29 is 4.79 Å². The number of anilines is 2. The van der Waals surface area contributed by atoms with E-state index in [0.29, 0.717) is 17.1 Å². The van der Waals surface area contributed by atoms with Crippen molar-refractivity contribution in [2.24, 2.45) is 0 Å². The standard InChI is InChI=1S/C20H24ClN5O/c21-17-6-3-5-16(13-17)20(27)26-10-4-9-25(11-12-26)19-14-18(22-15-23-19)24-7-1-2-8-24/h3,5-6,13-15H,1-2,4,7-12H2. The van der Waals surface area contributed by atoms with E-state index < -0.39 is 0 Å². The second-order valence-electron chi connectivity index (χ2n) is 7.07. The van der Waals surface area contributed by atoms with Crippen LogP contribution in [-0.4, -0.2) is 60.0 Å². The number of hydrogen-bond acceptors (Lipinski definition) is 5. The van der Waals surface area contributed by atoms with Crippen LogP contribution in [0.3, 0.4) is 0 Å². The van der Waals surface area contributed by atoms with Crippen LogP contribution in [0.4, 0.5) is 11.6 Å². The molecule has 2 aromatic rings. The van der Waals surface area contributed by atoms with Crippen molar-refractivity contribution in [1.29, 1.82) is 0 Å². The summed E-state index contributed by atoms with van der Waals surface area (Å²) in [7, 11) is 0. The SMILES string of the molecule is O=C(c1cccc(Cl)c1)N1CCCN(c2cc(N3CCCC3)ncn2)CC1. The molecule has 27 heavy (non-hydrogen) atoms. The summed E-state index contributed by atoms with van der Waals surface area (Å²) >= 11 is 6.03. The van der Waals surface area contributed by atoms with Crippen LogP contribution < -0.4 is 9.80 Å². The highest BCUT2D eigenvalue weighted by Crippen LogP contribution is 2.22. The molecule has 4 rings (SSSR count). The van der Waals surface area contributed by atoms with Crippen molar-refractivity contribution in [2.75, 3.05) is 49.1 Å². The first-order valence-electron chi connectivity index (χ1n) is 9.57. The summed E-state index contributed by atoms with van der Waals surface area (Å²) in [6.07, 6.45) is 5.02. The Morgan fingerprint density at radius 2 is 1.56 bits per heavy atom. The Morgan fingerprint density at radius 1 is 0.852 bits per heavy atom. The van der Waals surface area contributed by atoms with Crippen molar-refractivity contribution in [3.8, 4) is 0 Å². The Labute approximate surface area is 164 Å². The maximum absolute atomic E-state index is 12.8. The summed E-state index contributed by atoms with van der Waals surface area (Å²) in [5, 5.41) is 0.590. The third kappa shape index (κ3) is 4.16. The fraction of sp³-hybridized carbons (Fsp3) is 0.450. The topological polar surface area (TPSA) is 52.6 Å². The van der Waals surface area contributed by atoms with E-state index in [1.807, 2.05) is 17.0 Å². The lowest BCUT2D eigenvalue weighted by atomic mass is 10.2. The quantitative estimate of drug-likeness (QED) is 0.812. The molecule has 3 heterocycles. The van der Waals surface area contributed by atoms with Crippen molar-refractivity contribution in [3.63, 3.8) is 0 Å². The number of benzene rings is 1. The summed E-state index contributed by atoms with van der Waals surface area (Å²) in [6.45, 7) is 5.20. The molecule has 2 saturated heterocycles. The van der Waals surface area contributed by atoms with Gasteiger partial charge in [-0.05, 0) is 37.5 Å². The zero-order chi connectivity index (χ0) is 18.6. The average Bonchev–Trinajstić information content (AvgIpc) is 3.12. The Kier molecular flexibility index (Phi) is 5.43. The highest BCUT2D eigenvalue weighted by Gasteiger charge is 2.22. The van der Waals surface area contributed by atoms with Crippen molar-refractivity contribution in [1.82, 2.24) is 14.9 Å². The number of halogens is 1. The molecule has 0 saturated carbocycles. The predicted molar refractivity (Wildman–Crippen MR) is 108 cm³/mol. The van der Waals surface area contributed by atoms with Crippen LogP contribution in [-0.2, 0) is 0 Å². The largest absolute Gasteiger partial charge is 0.356 e. The summed E-state index contributed by atoms with van der Waals surface area (Å²) in [4.78, 5) is 28.2. The van der Waals surface area contributed by atoms with E-state index in [2.05, 4.69) is 25.8 Å². The van der Waals surface area contributed by atoms with Gasteiger partial charge in [-0.3, -0.25) is 4.79 Å². The highest BCUT2D eigenvalue weighted by atomic mass is 35.5. The van der Waals surface area contributed by atoms with E-state index in [1.54, 1.807) is 18.5 Å². The van der Waals surface area contributed by atoms with Crippen LogP contribution in [0.15, 0.2) is 36.7 Å². The molecule has 0 spiro atoms. The van der Waals surface area contributed by atoms with Crippen LogP contribution in [0.1, 0.15) is 29.6 Å². The van der Waals surface area contributed by atoms with Gasteiger partial charge in [-0.25, -0.2) is 9.97 Å². The molecule has 2 aliphatic heterocycles. The van der Waals surface area contributed by atoms with E-state index in [0.717, 1.165) is 50.8 Å². The molecule has 7 heteroatoms. The van der Waals surface area contributed by atoms with Crippen LogP contribution >= 0.6 is 11.6 Å². The molecular formula is C20H24ClN5O. The Hall–Kier alpha value is -2.34. The lowest BCUT2D eigenvalue weighted by molar-refractivity contribution is 0.0767. The number of nitrogens with zero attached hydrogens (tertiary/aromatic N) is 5. The molecule has 1 amide bonds. The summed E-state index contributed by atoms with van der Waals surface area (Å²) in [5.41, 5.74) is 0.648. The van der Waals surface area contributed by atoms with Crippen molar-refractivity contribution in [2.45, 2.75) is 19.3 Å². The van der Waals surface area contributed by atoms with Gasteiger partial charge in [0.2, 0.25) is 0 Å². The number of rotatable bonds is 3. The van der Waals surface area contributed by atoms with Crippen LogP contribution in [0.5, 0.6) is 0 Å². The fourth-order valence-electron chi connectivity index (χ4n) is 3.78. The Morgan fingerprint density at radius 3 is 2.30 bits per heavy atom. The van der Waals surface area contributed by atoms with Crippen LogP contribution in [0.2, 0.25) is 5.02 Å². The monoisotopic (exact) mass is 385 g/mol. The van der Waals surface area contributed by atoms with Crippen molar-refractivity contribution >= 4 is 29.1 Å². The minimum atomic E-state index is 0.0415. The normalized spacial score (nSPS) is 17.9. The van der Waals surface area contributed by atoms with E-state index >= 15 is 0 Å². The third-order valence-corrected chi connectivity index (χ3v) is 5.48. The van der Waals surface area contributed by atoms with Gasteiger partial charge >= 0.3 is 0 Å². The first-order chi connectivity index (χ1) is 13.2. The van der Waals surface area contributed by atoms with Crippen LogP contribution in [0.25, 0.3) is 0 Å². The second kappa shape index (κ2) is 8.13. The highest BCUT2D eigenvalue weighted by molar-refractivity contribution is 6.30. The predicted octanol–water partition coefficient (Wildman–Crippen LogP) is 3.08. The maximum atomic E-state index is 12.8. The lowest BCUT2D eigenvalue weighted by Crippen LogP contribution is -2.35. The lowest BCUT2D eigenvalue weighted by Gasteiger charge is -2.24. The molecule has 0 atom stereocenters. The van der Waals surface area contributed by atoms with Gasteiger partial charge in [-0.15, -0.1) is 0 Å². The smallest absolute Gasteiger partial charge is 0.253 e. The molecule has 6 nitrogen and oxygen atoms in total. The molecule has 1 aromatic heterocycles.